The maximum absolute atomic E-state index is 10.6. The number of carboxylic acids is 2. The monoisotopic (exact) mass is 526 g/mol. The molecule has 0 amide bonds. The van der Waals surface area contributed by atoms with Gasteiger partial charge in [-0.25, -0.2) is 9.59 Å². The van der Waals surface area contributed by atoms with Crippen molar-refractivity contribution in [3.8, 4) is 0 Å². The number of aliphatic carboxylic acids is 2. The smallest absolute Gasteiger partial charge is 0.475 e. The zero-order valence-electron chi connectivity index (χ0n) is 18.9. The normalized spacial score (nSPS) is 22.0. The minimum Gasteiger partial charge on any atom is -0.475 e. The van der Waals surface area contributed by atoms with Gasteiger partial charge in [-0.15, -0.1) is 0 Å². The molecule has 1 aromatic carbocycles. The number of carbonyl (C=O) groups is 2. The number of pyridine rings is 1. The number of fused-ring (bicyclic) bond motifs is 2. The number of para-hydroxylation sites is 1. The lowest BCUT2D eigenvalue weighted by Gasteiger charge is -2.40. The Kier molecular flexibility index (Phi) is 10.0. The van der Waals surface area contributed by atoms with Crippen molar-refractivity contribution in [3.05, 3.63) is 42.1 Å². The van der Waals surface area contributed by atoms with Crippen molar-refractivity contribution < 1.29 is 55.6 Å². The Morgan fingerprint density at radius 3 is 2.17 bits per heavy atom. The molecule has 0 unspecified atom stereocenters. The van der Waals surface area contributed by atoms with E-state index in [0.29, 0.717) is 6.04 Å². The number of hydrogen-bond acceptors (Lipinski definition) is 6. The molecule has 14 heteroatoms. The zero-order chi connectivity index (χ0) is 27.1. The maximum Gasteiger partial charge on any atom is 0.490 e. The van der Waals surface area contributed by atoms with E-state index in [1.165, 1.54) is 5.39 Å². The van der Waals surface area contributed by atoms with Gasteiger partial charge >= 0.3 is 24.3 Å². The summed E-state index contributed by atoms with van der Waals surface area (Å²) in [5.41, 5.74) is 2.21. The van der Waals surface area contributed by atoms with Crippen LogP contribution in [0.4, 0.5) is 26.3 Å². The summed E-state index contributed by atoms with van der Waals surface area (Å²) in [6.45, 7) is 2.79. The van der Waals surface area contributed by atoms with Crippen molar-refractivity contribution in [3.63, 3.8) is 0 Å². The molecule has 36 heavy (non-hydrogen) atoms. The summed E-state index contributed by atoms with van der Waals surface area (Å²) in [4.78, 5) is 25.1. The summed E-state index contributed by atoms with van der Waals surface area (Å²) in [7, 11) is 1.80. The summed E-state index contributed by atoms with van der Waals surface area (Å²) in [5, 5.41) is 15.5. The number of carboxylic acid groups (broad SMARTS) is 2. The highest BCUT2D eigenvalue weighted by Crippen LogP contribution is 2.31. The number of ether oxygens (including phenoxy) is 2. The van der Waals surface area contributed by atoms with Gasteiger partial charge in [-0.2, -0.15) is 26.3 Å². The van der Waals surface area contributed by atoms with Gasteiger partial charge in [0.2, 0.25) is 0 Å². The summed E-state index contributed by atoms with van der Waals surface area (Å²) in [6, 6.07) is 13.1. The molecule has 8 nitrogen and oxygen atoms in total. The van der Waals surface area contributed by atoms with E-state index in [-0.39, 0.29) is 12.2 Å². The van der Waals surface area contributed by atoms with Crippen LogP contribution in [0.3, 0.4) is 0 Å². The summed E-state index contributed by atoms with van der Waals surface area (Å²) >= 11 is 0. The van der Waals surface area contributed by atoms with Crippen LogP contribution in [-0.2, 0) is 25.6 Å². The lowest BCUT2D eigenvalue weighted by molar-refractivity contribution is -0.193. The lowest BCUT2D eigenvalue weighted by Crippen LogP contribution is -2.52. The van der Waals surface area contributed by atoms with Gasteiger partial charge in [0.1, 0.15) is 0 Å². The molecule has 0 spiro atoms. The van der Waals surface area contributed by atoms with Crippen LogP contribution in [0.1, 0.15) is 18.5 Å². The molecule has 1 aromatic heterocycles. The third-order valence-corrected chi connectivity index (χ3v) is 5.45. The Morgan fingerprint density at radius 1 is 1.03 bits per heavy atom. The van der Waals surface area contributed by atoms with Crippen LogP contribution in [0.15, 0.2) is 36.4 Å². The highest BCUT2D eigenvalue weighted by Gasteiger charge is 2.42. The number of nitrogens with zero attached hydrogens (tertiary/aromatic N) is 2. The molecule has 200 valence electrons. The molecule has 2 N–H and O–H groups in total. The quantitative estimate of drug-likeness (QED) is 0.581. The number of rotatable bonds is 3. The summed E-state index contributed by atoms with van der Waals surface area (Å²) in [6.07, 6.45) is -7.57. The molecule has 2 aliphatic rings. The van der Waals surface area contributed by atoms with E-state index in [4.69, 9.17) is 34.3 Å². The van der Waals surface area contributed by atoms with Crippen molar-refractivity contribution >= 4 is 22.8 Å². The maximum atomic E-state index is 10.6. The highest BCUT2D eigenvalue weighted by atomic mass is 19.4. The minimum absolute atomic E-state index is 0.221. The van der Waals surface area contributed by atoms with E-state index < -0.39 is 24.3 Å². The second-order valence-corrected chi connectivity index (χ2v) is 7.83. The Hall–Kier alpha value is -2.97. The van der Waals surface area contributed by atoms with Gasteiger partial charge in [0.25, 0.3) is 0 Å². The Labute approximate surface area is 201 Å². The molecular formula is C22H24F6N2O6. The topological polar surface area (TPSA) is 109 Å². The van der Waals surface area contributed by atoms with Gasteiger partial charge in [-0.3, -0.25) is 9.88 Å². The van der Waals surface area contributed by atoms with Gasteiger partial charge in [-0.05, 0) is 25.0 Å². The van der Waals surface area contributed by atoms with Gasteiger partial charge in [-0.1, -0.05) is 24.3 Å². The Balaban J connectivity index is 0.000000271. The van der Waals surface area contributed by atoms with Crippen molar-refractivity contribution in [1.29, 1.82) is 0 Å². The number of aromatic nitrogens is 1. The standard InChI is InChI=1S/C18H22N2O2.2C2HF3O2/c1-21-17-8-10-20(16-9-11-22-18(16)17)12-14-7-6-13-4-2-3-5-15(13)19-14;2*3-2(4,5)1(6)7/h2-7,16-18H,8-12H2,1H3;2*(H,6,7)/t16-,17+,18-;;/m0../s1. The van der Waals surface area contributed by atoms with Crippen LogP contribution in [0.25, 0.3) is 10.9 Å². The van der Waals surface area contributed by atoms with Crippen LogP contribution in [0.2, 0.25) is 0 Å². The fourth-order valence-corrected chi connectivity index (χ4v) is 3.82. The average Bonchev–Trinajstić information content (AvgIpc) is 3.29. The van der Waals surface area contributed by atoms with E-state index in [1.807, 2.05) is 6.07 Å². The molecule has 4 rings (SSSR count). The molecule has 0 bridgehead atoms. The largest absolute Gasteiger partial charge is 0.490 e. The van der Waals surface area contributed by atoms with Gasteiger partial charge in [0.15, 0.2) is 0 Å². The highest BCUT2D eigenvalue weighted by molar-refractivity contribution is 5.78. The first-order chi connectivity index (χ1) is 16.7. The van der Waals surface area contributed by atoms with Crippen molar-refractivity contribution in [2.45, 2.75) is 50.0 Å². The van der Waals surface area contributed by atoms with E-state index in [2.05, 4.69) is 35.2 Å². The second-order valence-electron chi connectivity index (χ2n) is 7.83. The number of likely N-dealkylation sites (tertiary alicyclic amines) is 1. The van der Waals surface area contributed by atoms with Gasteiger partial charge in [0.05, 0.1) is 23.4 Å². The molecule has 2 fully saturated rings. The predicted octanol–water partition coefficient (Wildman–Crippen LogP) is 3.88. The Morgan fingerprint density at radius 2 is 1.61 bits per heavy atom. The molecule has 0 aliphatic carbocycles. The molecule has 2 aromatic rings. The van der Waals surface area contributed by atoms with Crippen LogP contribution in [-0.4, -0.2) is 82.9 Å². The van der Waals surface area contributed by atoms with Crippen LogP contribution < -0.4 is 0 Å². The number of alkyl halides is 6. The van der Waals surface area contributed by atoms with Crippen molar-refractivity contribution in [2.75, 3.05) is 20.3 Å². The first-order valence-corrected chi connectivity index (χ1v) is 10.6. The van der Waals surface area contributed by atoms with E-state index in [0.717, 1.165) is 43.7 Å². The molecule has 2 saturated heterocycles. The molecule has 0 radical (unpaired) electrons. The molecule has 0 saturated carbocycles. The number of benzene rings is 1. The third kappa shape index (κ3) is 8.31. The average molecular weight is 526 g/mol. The second kappa shape index (κ2) is 12.3. The fraction of sp³-hybridized carbons (Fsp3) is 0.500. The number of hydrogen-bond donors (Lipinski definition) is 2. The minimum atomic E-state index is -5.08. The lowest BCUT2D eigenvalue weighted by atomic mass is 9.95. The van der Waals surface area contributed by atoms with E-state index in [1.54, 1.807) is 7.11 Å². The first kappa shape index (κ1) is 29.3. The number of halogens is 6. The molecule has 3 atom stereocenters. The van der Waals surface area contributed by atoms with E-state index in [9.17, 15) is 26.3 Å². The Bertz CT molecular complexity index is 1010. The zero-order valence-corrected chi connectivity index (χ0v) is 18.9. The van der Waals surface area contributed by atoms with Crippen molar-refractivity contribution in [1.82, 2.24) is 9.88 Å². The van der Waals surface area contributed by atoms with E-state index >= 15 is 0 Å². The van der Waals surface area contributed by atoms with Crippen LogP contribution in [0, 0.1) is 0 Å². The molecule has 2 aliphatic heterocycles. The fourth-order valence-electron chi connectivity index (χ4n) is 3.82. The predicted molar refractivity (Wildman–Crippen MR) is 113 cm³/mol. The summed E-state index contributed by atoms with van der Waals surface area (Å²) in [5.74, 6) is -5.51. The SMILES string of the molecule is CO[C@@H]1CCN(Cc2ccc3ccccc3n2)[C@H]2CCO[C@H]12.O=C(O)C(F)(F)F.O=C(O)C(F)(F)F. The summed E-state index contributed by atoms with van der Waals surface area (Å²) < 4.78 is 75.0. The molecule has 3 heterocycles. The van der Waals surface area contributed by atoms with Gasteiger partial charge in [0, 0.05) is 38.2 Å². The van der Waals surface area contributed by atoms with Gasteiger partial charge < -0.3 is 19.7 Å². The third-order valence-electron chi connectivity index (χ3n) is 5.45. The first-order valence-electron chi connectivity index (χ1n) is 10.6. The van der Waals surface area contributed by atoms with Crippen LogP contribution in [0.5, 0.6) is 0 Å². The number of methoxy groups -OCH3 is 1. The number of piperidine rings is 1. The van der Waals surface area contributed by atoms with Crippen LogP contribution >= 0.6 is 0 Å². The molecular weight excluding hydrogens is 502 g/mol. The van der Waals surface area contributed by atoms with Crippen molar-refractivity contribution in [2.24, 2.45) is 0 Å².